The molecule has 0 saturated carbocycles. The van der Waals surface area contributed by atoms with Crippen molar-refractivity contribution in [3.63, 3.8) is 0 Å². The van der Waals surface area contributed by atoms with E-state index in [0.29, 0.717) is 18.7 Å². The van der Waals surface area contributed by atoms with Crippen molar-refractivity contribution < 1.29 is 9.53 Å². The van der Waals surface area contributed by atoms with E-state index in [2.05, 4.69) is 26.2 Å². The van der Waals surface area contributed by atoms with Gasteiger partial charge >= 0.3 is 0 Å². The first-order valence-electron chi connectivity index (χ1n) is 4.54. The Balaban J connectivity index is 2.57. The molecule has 1 rings (SSSR count). The molecule has 1 aromatic heterocycles. The van der Waals surface area contributed by atoms with Crippen LogP contribution in [0.5, 0.6) is 0 Å². The van der Waals surface area contributed by atoms with E-state index in [0.717, 1.165) is 10.2 Å². The summed E-state index contributed by atoms with van der Waals surface area (Å²) in [6.07, 6.45) is 1.97. The second-order valence-corrected chi connectivity index (χ2v) is 3.87. The molecule has 1 amide bonds. The van der Waals surface area contributed by atoms with Gasteiger partial charge in [0.05, 0.1) is 24.9 Å². The minimum absolute atomic E-state index is 0.0691. The molecular formula is C10H13BrN2O2. The molecule has 4 nitrogen and oxygen atoms in total. The third-order valence-electron chi connectivity index (χ3n) is 1.83. The average Bonchev–Trinajstić information content (AvgIpc) is 2.20. The van der Waals surface area contributed by atoms with Crippen LogP contribution in [0.2, 0.25) is 0 Å². The van der Waals surface area contributed by atoms with Crippen LogP contribution in [0.15, 0.2) is 16.9 Å². The summed E-state index contributed by atoms with van der Waals surface area (Å²) in [7, 11) is 1.57. The Bertz CT molecular complexity index is 355. The van der Waals surface area contributed by atoms with Gasteiger partial charge in [-0.1, -0.05) is 0 Å². The highest BCUT2D eigenvalue weighted by molar-refractivity contribution is 9.10. The van der Waals surface area contributed by atoms with Gasteiger partial charge in [0.2, 0.25) is 5.91 Å². The Kier molecular flexibility index (Phi) is 4.71. The van der Waals surface area contributed by atoms with E-state index in [4.69, 9.17) is 4.74 Å². The lowest BCUT2D eigenvalue weighted by atomic mass is 10.3. The predicted octanol–water partition coefficient (Wildman–Crippen LogP) is 2.13. The van der Waals surface area contributed by atoms with Gasteiger partial charge < -0.3 is 10.1 Å². The number of hydrogen-bond acceptors (Lipinski definition) is 3. The average molecular weight is 273 g/mol. The highest BCUT2D eigenvalue weighted by Gasteiger charge is 2.03. The molecule has 82 valence electrons. The van der Waals surface area contributed by atoms with Crippen molar-refractivity contribution in [2.45, 2.75) is 13.3 Å². The number of amides is 1. The van der Waals surface area contributed by atoms with Gasteiger partial charge in [0.25, 0.3) is 0 Å². The summed E-state index contributed by atoms with van der Waals surface area (Å²) in [5.41, 5.74) is 1.69. The van der Waals surface area contributed by atoms with Gasteiger partial charge in [0.1, 0.15) is 4.60 Å². The lowest BCUT2D eigenvalue weighted by molar-refractivity contribution is -0.117. The lowest BCUT2D eigenvalue weighted by Gasteiger charge is -2.05. The van der Waals surface area contributed by atoms with Gasteiger partial charge in [-0.05, 0) is 34.5 Å². The molecule has 0 radical (unpaired) electrons. The lowest BCUT2D eigenvalue weighted by Crippen LogP contribution is -2.13. The maximum atomic E-state index is 11.3. The van der Waals surface area contributed by atoms with E-state index in [1.165, 1.54) is 0 Å². The number of pyridine rings is 1. The number of halogens is 1. The van der Waals surface area contributed by atoms with Crippen LogP contribution in [0, 0.1) is 6.92 Å². The number of nitrogens with one attached hydrogen (secondary N) is 1. The van der Waals surface area contributed by atoms with Crippen molar-refractivity contribution >= 4 is 27.5 Å². The fraction of sp³-hybridized carbons (Fsp3) is 0.400. The zero-order valence-corrected chi connectivity index (χ0v) is 10.3. The van der Waals surface area contributed by atoms with E-state index in [-0.39, 0.29) is 5.91 Å². The van der Waals surface area contributed by atoms with Crippen molar-refractivity contribution in [3.8, 4) is 0 Å². The Hall–Kier alpha value is -0.940. The number of ether oxygens (including phenoxy) is 1. The van der Waals surface area contributed by atoms with Crippen molar-refractivity contribution in [2.24, 2.45) is 0 Å². The monoisotopic (exact) mass is 272 g/mol. The Morgan fingerprint density at radius 1 is 1.67 bits per heavy atom. The first-order chi connectivity index (χ1) is 7.13. The summed E-state index contributed by atoms with van der Waals surface area (Å²) in [6, 6.07) is 1.86. The number of carbonyl (C=O) groups excluding carboxylic acids is 1. The molecule has 1 N–H and O–H groups in total. The zero-order chi connectivity index (χ0) is 11.3. The minimum atomic E-state index is -0.0691. The molecule has 0 aliphatic rings. The third kappa shape index (κ3) is 3.97. The highest BCUT2D eigenvalue weighted by Crippen LogP contribution is 2.16. The van der Waals surface area contributed by atoms with E-state index in [1.807, 2.05) is 13.0 Å². The van der Waals surface area contributed by atoms with E-state index >= 15 is 0 Å². The smallest absolute Gasteiger partial charge is 0.226 e. The van der Waals surface area contributed by atoms with Crippen molar-refractivity contribution in [1.82, 2.24) is 4.98 Å². The molecule has 15 heavy (non-hydrogen) atoms. The Morgan fingerprint density at radius 2 is 2.40 bits per heavy atom. The van der Waals surface area contributed by atoms with Crippen molar-refractivity contribution in [1.29, 1.82) is 0 Å². The quantitative estimate of drug-likeness (QED) is 0.855. The summed E-state index contributed by atoms with van der Waals surface area (Å²) < 4.78 is 5.60. The molecule has 0 spiro atoms. The van der Waals surface area contributed by atoms with Crippen LogP contribution in [-0.2, 0) is 9.53 Å². The predicted molar refractivity (Wildman–Crippen MR) is 61.8 cm³/mol. The van der Waals surface area contributed by atoms with Gasteiger partial charge in [-0.15, -0.1) is 0 Å². The number of methoxy groups -OCH3 is 1. The van der Waals surface area contributed by atoms with Crippen molar-refractivity contribution in [2.75, 3.05) is 19.0 Å². The topological polar surface area (TPSA) is 51.2 Å². The molecule has 0 atom stereocenters. The summed E-state index contributed by atoms with van der Waals surface area (Å²) >= 11 is 3.29. The Labute approximate surface area is 97.2 Å². The maximum absolute atomic E-state index is 11.3. The summed E-state index contributed by atoms with van der Waals surface area (Å²) in [5, 5.41) is 2.74. The largest absolute Gasteiger partial charge is 0.384 e. The van der Waals surface area contributed by atoms with Gasteiger partial charge in [-0.3, -0.25) is 4.79 Å². The first-order valence-corrected chi connectivity index (χ1v) is 5.33. The van der Waals surface area contributed by atoms with Crippen LogP contribution in [0.4, 0.5) is 5.69 Å². The number of anilines is 1. The molecule has 0 bridgehead atoms. The maximum Gasteiger partial charge on any atom is 0.226 e. The second kappa shape index (κ2) is 5.82. The molecule has 0 fully saturated rings. The fourth-order valence-corrected chi connectivity index (χ4v) is 1.26. The number of rotatable bonds is 4. The fourth-order valence-electron chi connectivity index (χ4n) is 1.04. The summed E-state index contributed by atoms with van der Waals surface area (Å²) in [5.74, 6) is -0.0691. The molecule has 1 aromatic rings. The van der Waals surface area contributed by atoms with E-state index in [9.17, 15) is 4.79 Å². The number of nitrogens with zero attached hydrogens (tertiary/aromatic N) is 1. The molecule has 0 aliphatic carbocycles. The molecule has 1 heterocycles. The standard InChI is InChI=1S/C10H13BrN2O2/c1-7-5-8(6-12-10(7)11)13-9(14)3-4-15-2/h5-6H,3-4H2,1-2H3,(H,13,14). The molecule has 0 saturated heterocycles. The Morgan fingerprint density at radius 3 is 3.00 bits per heavy atom. The molecule has 0 unspecified atom stereocenters. The van der Waals surface area contributed by atoms with Gasteiger partial charge in [-0.2, -0.15) is 0 Å². The van der Waals surface area contributed by atoms with Gasteiger partial charge in [-0.25, -0.2) is 4.98 Å². The molecular weight excluding hydrogens is 260 g/mol. The molecule has 5 heteroatoms. The van der Waals surface area contributed by atoms with Crippen molar-refractivity contribution in [3.05, 3.63) is 22.4 Å². The SMILES string of the molecule is COCCC(=O)Nc1cnc(Br)c(C)c1. The van der Waals surface area contributed by atoms with Gasteiger partial charge in [0, 0.05) is 7.11 Å². The van der Waals surface area contributed by atoms with E-state index in [1.54, 1.807) is 13.3 Å². The van der Waals surface area contributed by atoms with Crippen LogP contribution in [0.3, 0.4) is 0 Å². The zero-order valence-electron chi connectivity index (χ0n) is 8.71. The van der Waals surface area contributed by atoms with Crippen LogP contribution in [0.1, 0.15) is 12.0 Å². The number of aromatic nitrogens is 1. The molecule has 0 aliphatic heterocycles. The van der Waals surface area contributed by atoms with Gasteiger partial charge in [0.15, 0.2) is 0 Å². The molecule has 0 aromatic carbocycles. The second-order valence-electron chi connectivity index (χ2n) is 3.12. The number of hydrogen-bond donors (Lipinski definition) is 1. The van der Waals surface area contributed by atoms with Crippen LogP contribution in [0.25, 0.3) is 0 Å². The number of aryl methyl sites for hydroxylation is 1. The van der Waals surface area contributed by atoms with Crippen LogP contribution >= 0.6 is 15.9 Å². The first kappa shape index (κ1) is 12.1. The minimum Gasteiger partial charge on any atom is -0.384 e. The van der Waals surface area contributed by atoms with E-state index < -0.39 is 0 Å². The summed E-state index contributed by atoms with van der Waals surface area (Å²) in [4.78, 5) is 15.4. The third-order valence-corrected chi connectivity index (χ3v) is 2.66. The van der Waals surface area contributed by atoms with Crippen LogP contribution in [-0.4, -0.2) is 24.6 Å². The normalized spacial score (nSPS) is 10.1. The summed E-state index contributed by atoms with van der Waals surface area (Å²) in [6.45, 7) is 2.34. The van der Waals surface area contributed by atoms with Crippen LogP contribution < -0.4 is 5.32 Å². The highest BCUT2D eigenvalue weighted by atomic mass is 79.9. The number of carbonyl (C=O) groups is 1.